The van der Waals surface area contributed by atoms with E-state index in [1.54, 1.807) is 0 Å². The molecule has 1 rings (SSSR count). The zero-order valence-electron chi connectivity index (χ0n) is 11.0. The molecule has 0 fully saturated rings. The van der Waals surface area contributed by atoms with Gasteiger partial charge in [0.25, 0.3) is 0 Å². The standard InChI is InChI=1S/C15H23N/c1-11(2)15-8-6-14(7-9-15)10-12(3)13(4)16-5/h6-11,13,16H,1-5H3/b12-10+. The molecule has 0 radical (unpaired) electrons. The van der Waals surface area contributed by atoms with Crippen molar-refractivity contribution in [2.24, 2.45) is 0 Å². The molecule has 1 aromatic carbocycles. The first kappa shape index (κ1) is 13.0. The fourth-order valence-electron chi connectivity index (χ4n) is 1.59. The number of likely N-dealkylation sites (N-methyl/N-ethyl adjacent to an activating group) is 1. The van der Waals surface area contributed by atoms with Gasteiger partial charge in [-0.2, -0.15) is 0 Å². The minimum absolute atomic E-state index is 0.435. The SMILES string of the molecule is CNC(C)/C(C)=C/c1ccc(C(C)C)cc1. The molecule has 0 aliphatic heterocycles. The summed E-state index contributed by atoms with van der Waals surface area (Å²) >= 11 is 0. The fourth-order valence-corrected chi connectivity index (χ4v) is 1.59. The molecule has 1 atom stereocenters. The lowest BCUT2D eigenvalue weighted by Crippen LogP contribution is -2.21. The van der Waals surface area contributed by atoms with Crippen LogP contribution in [0.2, 0.25) is 0 Å². The van der Waals surface area contributed by atoms with Gasteiger partial charge in [0, 0.05) is 6.04 Å². The van der Waals surface area contributed by atoms with Crippen LogP contribution in [-0.4, -0.2) is 13.1 Å². The van der Waals surface area contributed by atoms with E-state index in [2.05, 4.69) is 63.4 Å². The lowest BCUT2D eigenvalue weighted by Gasteiger charge is -2.11. The minimum Gasteiger partial charge on any atom is -0.314 e. The van der Waals surface area contributed by atoms with E-state index >= 15 is 0 Å². The summed E-state index contributed by atoms with van der Waals surface area (Å²) in [5.74, 6) is 0.607. The maximum Gasteiger partial charge on any atom is 0.0248 e. The molecule has 0 saturated heterocycles. The smallest absolute Gasteiger partial charge is 0.0248 e. The van der Waals surface area contributed by atoms with E-state index in [4.69, 9.17) is 0 Å². The average Bonchev–Trinajstić information content (AvgIpc) is 2.28. The van der Waals surface area contributed by atoms with E-state index in [-0.39, 0.29) is 0 Å². The van der Waals surface area contributed by atoms with Crippen molar-refractivity contribution in [2.75, 3.05) is 7.05 Å². The van der Waals surface area contributed by atoms with Crippen LogP contribution in [0.4, 0.5) is 0 Å². The lowest BCUT2D eigenvalue weighted by molar-refractivity contribution is 0.696. The summed E-state index contributed by atoms with van der Waals surface area (Å²) in [7, 11) is 1.99. The summed E-state index contributed by atoms with van der Waals surface area (Å²) in [5, 5.41) is 3.25. The zero-order valence-corrected chi connectivity index (χ0v) is 11.0. The van der Waals surface area contributed by atoms with Crippen molar-refractivity contribution < 1.29 is 0 Å². The largest absolute Gasteiger partial charge is 0.314 e. The molecule has 0 aromatic heterocycles. The molecular formula is C15H23N. The number of nitrogens with one attached hydrogen (secondary N) is 1. The zero-order chi connectivity index (χ0) is 12.1. The highest BCUT2D eigenvalue weighted by Crippen LogP contribution is 2.16. The Labute approximate surface area is 99.6 Å². The summed E-state index contributed by atoms with van der Waals surface area (Å²) in [6, 6.07) is 9.26. The molecule has 1 N–H and O–H groups in total. The molecule has 0 amide bonds. The minimum atomic E-state index is 0.435. The maximum atomic E-state index is 3.25. The second-order valence-corrected chi connectivity index (χ2v) is 4.72. The predicted octanol–water partition coefficient (Wildman–Crippen LogP) is 3.82. The molecule has 0 aliphatic carbocycles. The van der Waals surface area contributed by atoms with Gasteiger partial charge in [-0.1, -0.05) is 49.8 Å². The molecule has 0 bridgehead atoms. The van der Waals surface area contributed by atoms with E-state index in [1.165, 1.54) is 16.7 Å². The second-order valence-electron chi connectivity index (χ2n) is 4.72. The third-order valence-corrected chi connectivity index (χ3v) is 3.11. The van der Waals surface area contributed by atoms with Gasteiger partial charge in [0.2, 0.25) is 0 Å². The highest BCUT2D eigenvalue weighted by atomic mass is 14.8. The van der Waals surface area contributed by atoms with Crippen molar-refractivity contribution >= 4 is 6.08 Å². The van der Waals surface area contributed by atoms with Crippen molar-refractivity contribution in [2.45, 2.75) is 39.7 Å². The number of benzene rings is 1. The van der Waals surface area contributed by atoms with Crippen molar-refractivity contribution in [3.8, 4) is 0 Å². The Hall–Kier alpha value is -1.08. The number of hydrogen-bond acceptors (Lipinski definition) is 1. The topological polar surface area (TPSA) is 12.0 Å². The molecule has 0 saturated carbocycles. The molecule has 16 heavy (non-hydrogen) atoms. The highest BCUT2D eigenvalue weighted by molar-refractivity contribution is 5.54. The average molecular weight is 217 g/mol. The third kappa shape index (κ3) is 3.49. The third-order valence-electron chi connectivity index (χ3n) is 3.11. The molecule has 1 unspecified atom stereocenters. The van der Waals surface area contributed by atoms with E-state index in [9.17, 15) is 0 Å². The van der Waals surface area contributed by atoms with Crippen LogP contribution in [0.15, 0.2) is 29.8 Å². The van der Waals surface area contributed by atoms with Gasteiger partial charge in [-0.3, -0.25) is 0 Å². The first-order valence-corrected chi connectivity index (χ1v) is 6.00. The Kier molecular flexibility index (Phi) is 4.75. The Morgan fingerprint density at radius 3 is 2.12 bits per heavy atom. The van der Waals surface area contributed by atoms with Gasteiger partial charge in [-0.05, 0) is 37.9 Å². The van der Waals surface area contributed by atoms with Gasteiger partial charge in [-0.25, -0.2) is 0 Å². The first-order valence-electron chi connectivity index (χ1n) is 6.00. The van der Waals surface area contributed by atoms with Crippen LogP contribution in [0.1, 0.15) is 44.7 Å². The molecule has 1 nitrogen and oxygen atoms in total. The Morgan fingerprint density at radius 1 is 1.12 bits per heavy atom. The van der Waals surface area contributed by atoms with Gasteiger partial charge >= 0.3 is 0 Å². The number of hydrogen-bond donors (Lipinski definition) is 1. The van der Waals surface area contributed by atoms with Crippen LogP contribution in [0.3, 0.4) is 0 Å². The van der Waals surface area contributed by atoms with Crippen LogP contribution >= 0.6 is 0 Å². The summed E-state index contributed by atoms with van der Waals surface area (Å²) in [6.45, 7) is 8.78. The van der Waals surface area contributed by atoms with E-state index in [1.807, 2.05) is 7.05 Å². The van der Waals surface area contributed by atoms with Gasteiger partial charge in [0.15, 0.2) is 0 Å². The summed E-state index contributed by atoms with van der Waals surface area (Å²) < 4.78 is 0. The van der Waals surface area contributed by atoms with Crippen molar-refractivity contribution in [3.05, 3.63) is 41.0 Å². The normalized spacial score (nSPS) is 14.2. The van der Waals surface area contributed by atoms with E-state index in [0.717, 1.165) is 0 Å². The van der Waals surface area contributed by atoms with Crippen LogP contribution in [0.25, 0.3) is 6.08 Å². The van der Waals surface area contributed by atoms with E-state index in [0.29, 0.717) is 12.0 Å². The first-order chi connectivity index (χ1) is 7.54. The molecule has 0 aliphatic rings. The van der Waals surface area contributed by atoms with E-state index < -0.39 is 0 Å². The second kappa shape index (κ2) is 5.86. The van der Waals surface area contributed by atoms with Gasteiger partial charge in [-0.15, -0.1) is 0 Å². The van der Waals surface area contributed by atoms with Crippen LogP contribution < -0.4 is 5.32 Å². The fraction of sp³-hybridized carbons (Fsp3) is 0.467. The van der Waals surface area contributed by atoms with Crippen LogP contribution in [0, 0.1) is 0 Å². The molecule has 0 heterocycles. The summed E-state index contributed by atoms with van der Waals surface area (Å²) in [4.78, 5) is 0. The number of rotatable bonds is 4. The van der Waals surface area contributed by atoms with Crippen LogP contribution in [-0.2, 0) is 0 Å². The lowest BCUT2D eigenvalue weighted by atomic mass is 10.0. The summed E-state index contributed by atoms with van der Waals surface area (Å²) in [6.07, 6.45) is 2.24. The van der Waals surface area contributed by atoms with Gasteiger partial charge < -0.3 is 5.32 Å². The van der Waals surface area contributed by atoms with Crippen molar-refractivity contribution in [1.82, 2.24) is 5.32 Å². The Morgan fingerprint density at radius 2 is 1.69 bits per heavy atom. The molecule has 0 spiro atoms. The highest BCUT2D eigenvalue weighted by Gasteiger charge is 2.01. The quantitative estimate of drug-likeness (QED) is 0.808. The van der Waals surface area contributed by atoms with Crippen LogP contribution in [0.5, 0.6) is 0 Å². The Balaban J connectivity index is 2.82. The van der Waals surface area contributed by atoms with Gasteiger partial charge in [0.05, 0.1) is 0 Å². The molecule has 88 valence electrons. The van der Waals surface area contributed by atoms with Crippen molar-refractivity contribution in [1.29, 1.82) is 0 Å². The predicted molar refractivity (Wildman–Crippen MR) is 72.7 cm³/mol. The molecule has 1 heteroatoms. The monoisotopic (exact) mass is 217 g/mol. The maximum absolute atomic E-state index is 3.25. The molecular weight excluding hydrogens is 194 g/mol. The van der Waals surface area contributed by atoms with Gasteiger partial charge in [0.1, 0.15) is 0 Å². The molecule has 1 aromatic rings. The van der Waals surface area contributed by atoms with Crippen molar-refractivity contribution in [3.63, 3.8) is 0 Å². The Bertz CT molecular complexity index is 346. The summed E-state index contributed by atoms with van der Waals surface area (Å²) in [5.41, 5.74) is 4.04.